The predicted molar refractivity (Wildman–Crippen MR) is 134 cm³/mol. The van der Waals surface area contributed by atoms with Crippen LogP contribution in [0.25, 0.3) is 11.4 Å². The monoisotopic (exact) mass is 502 g/mol. The summed E-state index contributed by atoms with van der Waals surface area (Å²) in [4.78, 5) is 29.5. The van der Waals surface area contributed by atoms with E-state index in [0.29, 0.717) is 48.9 Å². The number of nitrogens with one attached hydrogen (secondary N) is 1. The van der Waals surface area contributed by atoms with Crippen molar-refractivity contribution >= 4 is 17.4 Å². The standard InChI is InChI=1S/C28H30N4O5/c1-19-23(18-29-32(19)21-8-4-3-5-9-21)26(33)24-25(20-7-6-10-22(17-20)36-2)31(28(35)27(24)34)12-11-30-13-15-37-16-14-30/h3-10,17-18,25,33H,11-16H2,1-2H3. The molecule has 9 heteroatoms. The van der Waals surface area contributed by atoms with Crippen molar-refractivity contribution in [2.75, 3.05) is 46.5 Å². The number of quaternary nitrogens is 1. The number of Topliss-reactive ketones (excluding diaryl/α,β-unsaturated/α-hetero) is 1. The number of likely N-dealkylation sites (tertiary alicyclic amines) is 1. The molecule has 3 aromatic rings. The van der Waals surface area contributed by atoms with E-state index in [1.165, 1.54) is 16.0 Å². The van der Waals surface area contributed by atoms with Gasteiger partial charge in [-0.2, -0.15) is 5.10 Å². The molecule has 0 spiro atoms. The highest BCUT2D eigenvalue weighted by Crippen LogP contribution is 2.39. The topological polar surface area (TPSA) is 101 Å². The number of carbonyl (C=O) groups excluding carboxylic acids is 2. The maximum absolute atomic E-state index is 13.9. The number of benzene rings is 2. The van der Waals surface area contributed by atoms with Crippen LogP contribution in [0, 0.1) is 6.92 Å². The average molecular weight is 503 g/mol. The molecule has 37 heavy (non-hydrogen) atoms. The summed E-state index contributed by atoms with van der Waals surface area (Å²) in [5.41, 5.74) is 2.31. The quantitative estimate of drug-likeness (QED) is 0.284. The minimum absolute atomic E-state index is 0.0501. The van der Waals surface area contributed by atoms with Gasteiger partial charge < -0.3 is 24.4 Å². The zero-order valence-electron chi connectivity index (χ0n) is 21.0. The molecule has 0 saturated carbocycles. The fourth-order valence-electron chi connectivity index (χ4n) is 5.05. The lowest BCUT2D eigenvalue weighted by molar-refractivity contribution is -0.907. The number of morpholine rings is 1. The van der Waals surface area contributed by atoms with Gasteiger partial charge in [-0.3, -0.25) is 9.59 Å². The molecular weight excluding hydrogens is 472 g/mol. The molecule has 3 heterocycles. The molecule has 1 N–H and O–H groups in total. The molecular formula is C28H30N4O5. The Labute approximate surface area is 215 Å². The summed E-state index contributed by atoms with van der Waals surface area (Å²) in [7, 11) is 1.56. The lowest BCUT2D eigenvalue weighted by Gasteiger charge is -2.30. The van der Waals surface area contributed by atoms with Crippen LogP contribution in [0.2, 0.25) is 0 Å². The molecule has 192 valence electrons. The molecule has 2 aliphatic heterocycles. The number of amides is 1. The first-order valence-electron chi connectivity index (χ1n) is 12.4. The summed E-state index contributed by atoms with van der Waals surface area (Å²) in [6.07, 6.45) is 1.47. The second-order valence-corrected chi connectivity index (χ2v) is 9.25. The highest BCUT2D eigenvalue weighted by atomic mass is 16.5. The number of ether oxygens (including phenoxy) is 2. The number of rotatable bonds is 7. The summed E-state index contributed by atoms with van der Waals surface area (Å²) in [5, 5.41) is 18.3. The molecule has 1 amide bonds. The zero-order chi connectivity index (χ0) is 25.9. The van der Waals surface area contributed by atoms with E-state index < -0.39 is 23.5 Å². The van der Waals surface area contributed by atoms with Crippen LogP contribution >= 0.6 is 0 Å². The van der Waals surface area contributed by atoms with Crippen LogP contribution in [-0.4, -0.2) is 72.9 Å². The van der Waals surface area contributed by atoms with Crippen molar-refractivity contribution < 1.29 is 29.1 Å². The van der Waals surface area contributed by atoms with Crippen molar-refractivity contribution in [3.63, 3.8) is 0 Å². The van der Waals surface area contributed by atoms with Crippen LogP contribution in [-0.2, 0) is 14.3 Å². The molecule has 5 rings (SSSR count). The van der Waals surface area contributed by atoms with Crippen molar-refractivity contribution in [2.45, 2.75) is 13.0 Å². The van der Waals surface area contributed by atoms with Gasteiger partial charge in [-0.1, -0.05) is 36.1 Å². The summed E-state index contributed by atoms with van der Waals surface area (Å²) in [6.45, 7) is 5.82. The number of hydrogen-bond acceptors (Lipinski definition) is 6. The van der Waals surface area contributed by atoms with E-state index in [-0.39, 0.29) is 5.57 Å². The molecule has 0 aliphatic carbocycles. The third-order valence-corrected chi connectivity index (χ3v) is 7.10. The van der Waals surface area contributed by atoms with Crippen LogP contribution in [0.1, 0.15) is 22.9 Å². The first-order valence-corrected chi connectivity index (χ1v) is 12.4. The Balaban J connectivity index is 1.57. The second kappa shape index (κ2) is 10.6. The van der Waals surface area contributed by atoms with E-state index in [4.69, 9.17) is 9.47 Å². The minimum atomic E-state index is -0.803. The van der Waals surface area contributed by atoms with Gasteiger partial charge in [0.1, 0.15) is 18.8 Å². The predicted octanol–water partition coefficient (Wildman–Crippen LogP) is 0.328. The summed E-state index contributed by atoms with van der Waals surface area (Å²) in [6, 6.07) is 15.8. The van der Waals surface area contributed by atoms with E-state index in [2.05, 4.69) is 5.10 Å². The molecule has 9 nitrogen and oxygen atoms in total. The van der Waals surface area contributed by atoms with Crippen LogP contribution in [0.3, 0.4) is 0 Å². The van der Waals surface area contributed by atoms with Gasteiger partial charge >= 0.3 is 0 Å². The second-order valence-electron chi connectivity index (χ2n) is 9.25. The smallest absolute Gasteiger partial charge is 0.295 e. The third kappa shape index (κ3) is 4.75. The van der Waals surface area contributed by atoms with Gasteiger partial charge in [0, 0.05) is 16.8 Å². The summed E-state index contributed by atoms with van der Waals surface area (Å²) < 4.78 is 12.5. The van der Waals surface area contributed by atoms with E-state index in [1.807, 2.05) is 36.4 Å². The number of aromatic nitrogens is 2. The fraction of sp³-hybridized carbons (Fsp3) is 0.321. The van der Waals surface area contributed by atoms with Gasteiger partial charge in [0.2, 0.25) is 5.78 Å². The SMILES string of the molecule is COc1cccc(C2C(=C([O-])c3cnn(-c4ccccc4)c3C)C(=O)C(=O)N2CC[NH+]2CCOCC2)c1. The lowest BCUT2D eigenvalue weighted by Crippen LogP contribution is -3.14. The molecule has 1 aromatic heterocycles. The highest BCUT2D eigenvalue weighted by Gasteiger charge is 2.44. The van der Waals surface area contributed by atoms with Gasteiger partial charge in [-0.05, 0) is 36.8 Å². The average Bonchev–Trinajstić information content (AvgIpc) is 3.45. The van der Waals surface area contributed by atoms with Crippen LogP contribution in [0.4, 0.5) is 0 Å². The summed E-state index contributed by atoms with van der Waals surface area (Å²) in [5.74, 6) is -1.31. The number of ketones is 1. The minimum Gasteiger partial charge on any atom is -0.872 e. The van der Waals surface area contributed by atoms with Gasteiger partial charge in [0.25, 0.3) is 5.91 Å². The number of carbonyl (C=O) groups is 2. The van der Waals surface area contributed by atoms with Crippen LogP contribution in [0.5, 0.6) is 5.75 Å². The van der Waals surface area contributed by atoms with Crippen molar-refractivity contribution in [3.05, 3.63) is 83.2 Å². The largest absolute Gasteiger partial charge is 0.872 e. The number of para-hydroxylation sites is 1. The Hall–Kier alpha value is -3.95. The Bertz CT molecular complexity index is 1330. The Morgan fingerprint density at radius 1 is 1.14 bits per heavy atom. The normalized spacial score (nSPS) is 19.9. The van der Waals surface area contributed by atoms with Gasteiger partial charge in [-0.15, -0.1) is 0 Å². The molecule has 0 bridgehead atoms. The molecule has 2 aliphatic rings. The Morgan fingerprint density at radius 2 is 1.89 bits per heavy atom. The van der Waals surface area contributed by atoms with Crippen molar-refractivity contribution in [1.82, 2.24) is 14.7 Å². The van der Waals surface area contributed by atoms with Gasteiger partial charge in [-0.25, -0.2) is 4.68 Å². The van der Waals surface area contributed by atoms with Gasteiger partial charge in [0.05, 0.1) is 51.3 Å². The number of nitrogens with zero attached hydrogens (tertiary/aromatic N) is 3. The Kier molecular flexibility index (Phi) is 7.07. The first-order chi connectivity index (χ1) is 18.0. The van der Waals surface area contributed by atoms with E-state index in [1.54, 1.807) is 36.9 Å². The van der Waals surface area contributed by atoms with E-state index >= 15 is 0 Å². The molecule has 2 fully saturated rings. The highest BCUT2D eigenvalue weighted by molar-refractivity contribution is 6.46. The summed E-state index contributed by atoms with van der Waals surface area (Å²) >= 11 is 0. The van der Waals surface area contributed by atoms with Crippen molar-refractivity contribution in [3.8, 4) is 11.4 Å². The lowest BCUT2D eigenvalue weighted by atomic mass is 9.95. The van der Waals surface area contributed by atoms with E-state index in [0.717, 1.165) is 18.8 Å². The fourth-order valence-corrected chi connectivity index (χ4v) is 5.05. The Morgan fingerprint density at radius 3 is 2.62 bits per heavy atom. The van der Waals surface area contributed by atoms with Gasteiger partial charge in [0.15, 0.2) is 0 Å². The molecule has 1 unspecified atom stereocenters. The number of hydrogen-bond donors (Lipinski definition) is 1. The molecule has 0 radical (unpaired) electrons. The van der Waals surface area contributed by atoms with Crippen LogP contribution < -0.4 is 14.7 Å². The first kappa shape index (κ1) is 24.7. The maximum Gasteiger partial charge on any atom is 0.295 e. The third-order valence-electron chi connectivity index (χ3n) is 7.10. The van der Waals surface area contributed by atoms with Crippen LogP contribution in [0.15, 0.2) is 66.4 Å². The van der Waals surface area contributed by atoms with E-state index in [9.17, 15) is 14.7 Å². The van der Waals surface area contributed by atoms with Crippen molar-refractivity contribution in [2.24, 2.45) is 0 Å². The number of methoxy groups -OCH3 is 1. The molecule has 2 saturated heterocycles. The molecule has 2 aromatic carbocycles. The van der Waals surface area contributed by atoms with Crippen molar-refractivity contribution in [1.29, 1.82) is 0 Å². The molecule has 1 atom stereocenters. The maximum atomic E-state index is 13.9. The zero-order valence-corrected chi connectivity index (χ0v) is 21.0.